The Morgan fingerprint density at radius 2 is 1.76 bits per heavy atom. The van der Waals surface area contributed by atoms with Crippen LogP contribution in [0.2, 0.25) is 0 Å². The summed E-state index contributed by atoms with van der Waals surface area (Å²) in [5.41, 5.74) is -0.634. The van der Waals surface area contributed by atoms with E-state index in [0.29, 0.717) is 16.1 Å². The molecule has 0 radical (unpaired) electrons. The van der Waals surface area contributed by atoms with Crippen LogP contribution in [0, 0.1) is 0 Å². The monoisotopic (exact) mass is 412 g/mol. The highest BCUT2D eigenvalue weighted by molar-refractivity contribution is 7.19. The lowest BCUT2D eigenvalue weighted by atomic mass is 10.0. The zero-order chi connectivity index (χ0) is 21.0. The summed E-state index contributed by atoms with van der Waals surface area (Å²) in [6, 6.07) is 15.5. The van der Waals surface area contributed by atoms with E-state index in [1.165, 1.54) is 42.7 Å². The number of hydrogen-bond acceptors (Lipinski definition) is 6. The highest BCUT2D eigenvalue weighted by Crippen LogP contribution is 2.32. The molecule has 3 rings (SSSR count). The van der Waals surface area contributed by atoms with Crippen LogP contribution in [0.15, 0.2) is 54.6 Å². The molecule has 1 aromatic heterocycles. The molecule has 0 fully saturated rings. The van der Waals surface area contributed by atoms with Crippen LogP contribution in [-0.4, -0.2) is 36.5 Å². The number of amides is 2. The summed E-state index contributed by atoms with van der Waals surface area (Å²) in [5.74, 6) is -2.24. The molecular weight excluding hydrogens is 392 g/mol. The Hall–Kier alpha value is -3.23. The van der Waals surface area contributed by atoms with Gasteiger partial charge in [-0.25, -0.2) is 4.79 Å². The third kappa shape index (κ3) is 4.79. The van der Waals surface area contributed by atoms with Gasteiger partial charge in [-0.1, -0.05) is 18.2 Å². The molecule has 8 heteroatoms. The number of carbonyl (C=O) groups is 3. The Morgan fingerprint density at radius 1 is 1.07 bits per heavy atom. The molecule has 0 saturated heterocycles. The molecule has 0 aliphatic rings. The van der Waals surface area contributed by atoms with Gasteiger partial charge in [-0.2, -0.15) is 0 Å². The van der Waals surface area contributed by atoms with Crippen LogP contribution < -0.4 is 10.6 Å². The number of carbonyl (C=O) groups excluding carboxylic acids is 3. The number of ether oxygens (including phenoxy) is 1. The molecule has 0 aliphatic heterocycles. The molecule has 1 heterocycles. The Labute approximate surface area is 171 Å². The molecular formula is C21H20N2O5S. The summed E-state index contributed by atoms with van der Waals surface area (Å²) in [5, 5.41) is 16.6. The summed E-state index contributed by atoms with van der Waals surface area (Å²) < 4.78 is 5.63. The fourth-order valence-corrected chi connectivity index (χ4v) is 3.77. The van der Waals surface area contributed by atoms with Crippen molar-refractivity contribution in [2.75, 3.05) is 19.0 Å². The topological polar surface area (TPSA) is 105 Å². The fraction of sp³-hybridized carbons (Fsp3) is 0.190. The van der Waals surface area contributed by atoms with Crippen molar-refractivity contribution in [3.8, 4) is 0 Å². The standard InChI is InChI=1S/C21H20N2O5S/c1-21(27,17-11-14-5-3-4-6-16(14)29-17)12-22-18(24)19(25)23-15-9-7-13(8-10-15)20(26)28-2/h3-11,27H,12H2,1-2H3,(H,22,24)(H,23,25)/t21-/m0/s1. The number of methoxy groups -OCH3 is 1. The maximum absolute atomic E-state index is 12.1. The lowest BCUT2D eigenvalue weighted by Gasteiger charge is -2.22. The summed E-state index contributed by atoms with van der Waals surface area (Å²) in [4.78, 5) is 36.3. The van der Waals surface area contributed by atoms with Crippen LogP contribution in [0.5, 0.6) is 0 Å². The van der Waals surface area contributed by atoms with Crippen LogP contribution in [-0.2, 0) is 19.9 Å². The second-order valence-corrected chi connectivity index (χ2v) is 7.71. The van der Waals surface area contributed by atoms with Crippen molar-refractivity contribution in [1.29, 1.82) is 0 Å². The molecule has 7 nitrogen and oxygen atoms in total. The van der Waals surface area contributed by atoms with Crippen molar-refractivity contribution in [1.82, 2.24) is 5.32 Å². The van der Waals surface area contributed by atoms with Gasteiger partial charge in [0, 0.05) is 15.3 Å². The molecule has 150 valence electrons. The first-order valence-electron chi connectivity index (χ1n) is 8.79. The normalized spacial score (nSPS) is 12.8. The number of fused-ring (bicyclic) bond motifs is 1. The third-order valence-electron chi connectivity index (χ3n) is 4.32. The molecule has 0 unspecified atom stereocenters. The average molecular weight is 412 g/mol. The van der Waals surface area contributed by atoms with Crippen molar-refractivity contribution >= 4 is 44.9 Å². The number of thiophene rings is 1. The van der Waals surface area contributed by atoms with E-state index in [0.717, 1.165) is 10.1 Å². The van der Waals surface area contributed by atoms with Crippen LogP contribution in [0.1, 0.15) is 22.2 Å². The quantitative estimate of drug-likeness (QED) is 0.441. The first kappa shape index (κ1) is 20.5. The molecule has 0 bridgehead atoms. The second kappa shape index (κ2) is 8.42. The van der Waals surface area contributed by atoms with Crippen LogP contribution >= 0.6 is 11.3 Å². The molecule has 0 aliphatic carbocycles. The van der Waals surface area contributed by atoms with E-state index in [9.17, 15) is 19.5 Å². The van der Waals surface area contributed by atoms with E-state index in [2.05, 4.69) is 15.4 Å². The van der Waals surface area contributed by atoms with Gasteiger partial charge in [0.25, 0.3) is 0 Å². The number of nitrogens with one attached hydrogen (secondary N) is 2. The van der Waals surface area contributed by atoms with Crippen molar-refractivity contribution in [3.05, 3.63) is 65.0 Å². The average Bonchev–Trinajstić information content (AvgIpc) is 3.17. The van der Waals surface area contributed by atoms with E-state index in [1.54, 1.807) is 6.92 Å². The van der Waals surface area contributed by atoms with E-state index in [-0.39, 0.29) is 6.54 Å². The predicted molar refractivity (Wildman–Crippen MR) is 111 cm³/mol. The van der Waals surface area contributed by atoms with Gasteiger partial charge in [0.2, 0.25) is 0 Å². The van der Waals surface area contributed by atoms with Gasteiger partial charge in [-0.3, -0.25) is 9.59 Å². The molecule has 2 aromatic carbocycles. The molecule has 0 spiro atoms. The third-order valence-corrected chi connectivity index (χ3v) is 5.69. The van der Waals surface area contributed by atoms with E-state index >= 15 is 0 Å². The minimum Gasteiger partial charge on any atom is -0.465 e. The number of rotatable bonds is 5. The Balaban J connectivity index is 1.59. The number of anilines is 1. The highest BCUT2D eigenvalue weighted by atomic mass is 32.1. The first-order chi connectivity index (χ1) is 13.8. The summed E-state index contributed by atoms with van der Waals surface area (Å²) in [6.45, 7) is 1.47. The minimum atomic E-state index is -1.32. The number of hydrogen-bond donors (Lipinski definition) is 3. The second-order valence-electron chi connectivity index (χ2n) is 6.63. The van der Waals surface area contributed by atoms with Crippen LogP contribution in [0.3, 0.4) is 0 Å². The fourth-order valence-electron chi connectivity index (χ4n) is 2.66. The first-order valence-corrected chi connectivity index (χ1v) is 9.61. The van der Waals surface area contributed by atoms with Gasteiger partial charge < -0.3 is 20.5 Å². The van der Waals surface area contributed by atoms with Gasteiger partial charge in [-0.15, -0.1) is 11.3 Å². The van der Waals surface area contributed by atoms with Crippen molar-refractivity contribution in [3.63, 3.8) is 0 Å². The molecule has 2 amide bonds. The number of benzene rings is 2. The molecule has 29 heavy (non-hydrogen) atoms. The summed E-state index contributed by atoms with van der Waals surface area (Å²) in [6.07, 6.45) is 0. The predicted octanol–water partition coefficient (Wildman–Crippen LogP) is 2.65. The maximum atomic E-state index is 12.1. The maximum Gasteiger partial charge on any atom is 0.337 e. The molecule has 0 saturated carbocycles. The number of aliphatic hydroxyl groups is 1. The van der Waals surface area contributed by atoms with Gasteiger partial charge in [0.15, 0.2) is 0 Å². The molecule has 1 atom stereocenters. The zero-order valence-electron chi connectivity index (χ0n) is 15.9. The van der Waals surface area contributed by atoms with Gasteiger partial charge in [0.05, 0.1) is 19.2 Å². The lowest BCUT2D eigenvalue weighted by Crippen LogP contribution is -2.42. The smallest absolute Gasteiger partial charge is 0.337 e. The minimum absolute atomic E-state index is 0.118. The molecule has 3 N–H and O–H groups in total. The Kier molecular flexibility index (Phi) is 5.95. The summed E-state index contributed by atoms with van der Waals surface area (Å²) >= 11 is 1.43. The SMILES string of the molecule is COC(=O)c1ccc(NC(=O)C(=O)NC[C@](C)(O)c2cc3ccccc3s2)cc1. The largest absolute Gasteiger partial charge is 0.465 e. The van der Waals surface area contributed by atoms with Gasteiger partial charge in [0.1, 0.15) is 5.60 Å². The van der Waals surface area contributed by atoms with Crippen molar-refractivity contribution in [2.24, 2.45) is 0 Å². The van der Waals surface area contributed by atoms with E-state index in [1.807, 2.05) is 30.3 Å². The van der Waals surface area contributed by atoms with E-state index in [4.69, 9.17) is 0 Å². The van der Waals surface area contributed by atoms with E-state index < -0.39 is 23.4 Å². The Morgan fingerprint density at radius 3 is 2.41 bits per heavy atom. The highest BCUT2D eigenvalue weighted by Gasteiger charge is 2.27. The lowest BCUT2D eigenvalue weighted by molar-refractivity contribution is -0.136. The molecule has 3 aromatic rings. The zero-order valence-corrected chi connectivity index (χ0v) is 16.7. The van der Waals surface area contributed by atoms with Crippen LogP contribution in [0.25, 0.3) is 10.1 Å². The number of esters is 1. The van der Waals surface area contributed by atoms with Crippen molar-refractivity contribution in [2.45, 2.75) is 12.5 Å². The Bertz CT molecular complexity index is 1020. The summed E-state index contributed by atoms with van der Waals surface area (Å²) in [7, 11) is 1.27. The van der Waals surface area contributed by atoms with Gasteiger partial charge in [-0.05, 0) is 48.7 Å². The van der Waals surface area contributed by atoms with Crippen molar-refractivity contribution < 1.29 is 24.2 Å². The van der Waals surface area contributed by atoms with Crippen LogP contribution in [0.4, 0.5) is 5.69 Å². The van der Waals surface area contributed by atoms with Gasteiger partial charge >= 0.3 is 17.8 Å².